The van der Waals surface area contributed by atoms with Gasteiger partial charge in [0, 0.05) is 22.5 Å². The van der Waals surface area contributed by atoms with Gasteiger partial charge in [0.2, 0.25) is 11.7 Å². The first kappa shape index (κ1) is 25.6. The summed E-state index contributed by atoms with van der Waals surface area (Å²) in [6.07, 6.45) is -5.16. The standard InChI is InChI=1S/C22H23F5NO3PS/c1-21(22(25,26)27)11-15(14-9-10-16(23)17(24)18(14)31-2)19(33-21)20(29)28-12-5-7-13(8-6-12)32(3,4)30/h5-10,15,19H,11H2,1-4H3,(H,28,29)/t15-,19+,21+/m0/s1. The minimum Gasteiger partial charge on any atom is -0.493 e. The first-order valence-electron chi connectivity index (χ1n) is 9.91. The Morgan fingerprint density at radius 1 is 1.15 bits per heavy atom. The topological polar surface area (TPSA) is 55.4 Å². The monoisotopic (exact) mass is 507 g/mol. The Bertz CT molecular complexity index is 1100. The maximum Gasteiger partial charge on any atom is 0.403 e. The lowest BCUT2D eigenvalue weighted by atomic mass is 9.85. The molecular formula is C22H23F5NO3PS. The van der Waals surface area contributed by atoms with Crippen LogP contribution in [-0.4, -0.2) is 42.5 Å². The SMILES string of the molecule is COc1c([C@@H]2C[C@](C)(C(F)(F)F)S[C@H]2C(=O)Nc2ccc(P(C)(C)=O)cc2)ccc(F)c1F. The average molecular weight is 507 g/mol. The van der Waals surface area contributed by atoms with Gasteiger partial charge in [0.15, 0.2) is 11.6 Å². The molecule has 0 bridgehead atoms. The Hall–Kier alpha value is -2.06. The first-order valence-corrected chi connectivity index (χ1v) is 13.4. The number of hydrogen-bond acceptors (Lipinski definition) is 4. The van der Waals surface area contributed by atoms with Crippen LogP contribution in [0.5, 0.6) is 5.75 Å². The molecule has 1 aliphatic heterocycles. The predicted molar refractivity (Wildman–Crippen MR) is 120 cm³/mol. The van der Waals surface area contributed by atoms with E-state index in [9.17, 15) is 31.3 Å². The summed E-state index contributed by atoms with van der Waals surface area (Å²) < 4.78 is 84.3. The second kappa shape index (κ2) is 8.95. The molecule has 1 aliphatic rings. The fourth-order valence-corrected chi connectivity index (χ4v) is 6.20. The minimum atomic E-state index is -4.64. The largest absolute Gasteiger partial charge is 0.493 e. The van der Waals surface area contributed by atoms with Crippen molar-refractivity contribution >= 4 is 35.8 Å². The summed E-state index contributed by atoms with van der Waals surface area (Å²) in [5.41, 5.74) is 0.305. The molecule has 0 aliphatic carbocycles. The van der Waals surface area contributed by atoms with Gasteiger partial charge >= 0.3 is 6.18 Å². The number of nitrogens with one attached hydrogen (secondary N) is 1. The van der Waals surface area contributed by atoms with E-state index in [1.165, 1.54) is 12.1 Å². The van der Waals surface area contributed by atoms with Gasteiger partial charge in [0.1, 0.15) is 11.9 Å². The Morgan fingerprint density at radius 3 is 2.27 bits per heavy atom. The van der Waals surface area contributed by atoms with E-state index in [0.29, 0.717) is 22.8 Å². The second-order valence-electron chi connectivity index (χ2n) is 8.45. The van der Waals surface area contributed by atoms with Crippen LogP contribution in [0.2, 0.25) is 0 Å². The van der Waals surface area contributed by atoms with Gasteiger partial charge in [0.05, 0.1) is 12.4 Å². The summed E-state index contributed by atoms with van der Waals surface area (Å²) in [6.45, 7) is 4.17. The van der Waals surface area contributed by atoms with E-state index in [4.69, 9.17) is 4.74 Å². The average Bonchev–Trinajstić information content (AvgIpc) is 3.08. The van der Waals surface area contributed by atoms with Crippen molar-refractivity contribution in [2.75, 3.05) is 25.8 Å². The lowest BCUT2D eigenvalue weighted by Crippen LogP contribution is -2.37. The van der Waals surface area contributed by atoms with Gasteiger partial charge in [0.25, 0.3) is 0 Å². The van der Waals surface area contributed by atoms with Crippen molar-refractivity contribution in [1.29, 1.82) is 0 Å². The van der Waals surface area contributed by atoms with Crippen molar-refractivity contribution in [3.63, 3.8) is 0 Å². The molecule has 0 unspecified atom stereocenters. The summed E-state index contributed by atoms with van der Waals surface area (Å²) >= 11 is 0.434. The van der Waals surface area contributed by atoms with Gasteiger partial charge in [-0.15, -0.1) is 11.8 Å². The zero-order valence-electron chi connectivity index (χ0n) is 18.3. The van der Waals surface area contributed by atoms with Crippen LogP contribution in [0.1, 0.15) is 24.8 Å². The van der Waals surface area contributed by atoms with Gasteiger partial charge in [-0.1, -0.05) is 6.07 Å². The van der Waals surface area contributed by atoms with Crippen molar-refractivity contribution < 1.29 is 36.0 Å². The van der Waals surface area contributed by atoms with E-state index in [0.717, 1.165) is 26.2 Å². The maximum absolute atomic E-state index is 14.3. The zero-order chi connectivity index (χ0) is 24.8. The highest BCUT2D eigenvalue weighted by Crippen LogP contribution is 2.59. The summed E-state index contributed by atoms with van der Waals surface area (Å²) in [6, 6.07) is 8.15. The van der Waals surface area contributed by atoms with E-state index in [-0.39, 0.29) is 5.56 Å². The number of alkyl halides is 3. The minimum absolute atomic E-state index is 0.00900. The molecule has 0 saturated carbocycles. The number of carbonyl (C=O) groups excluding carboxylic acids is 1. The molecule has 1 N–H and O–H groups in total. The van der Waals surface area contributed by atoms with E-state index in [1.54, 1.807) is 25.5 Å². The van der Waals surface area contributed by atoms with Crippen LogP contribution in [0.15, 0.2) is 36.4 Å². The van der Waals surface area contributed by atoms with Crippen LogP contribution in [-0.2, 0) is 9.36 Å². The lowest BCUT2D eigenvalue weighted by Gasteiger charge is -2.26. The first-order chi connectivity index (χ1) is 15.2. The molecule has 180 valence electrons. The van der Waals surface area contributed by atoms with Crippen molar-refractivity contribution in [3.05, 3.63) is 53.6 Å². The maximum atomic E-state index is 14.3. The van der Waals surface area contributed by atoms with Crippen molar-refractivity contribution in [2.24, 2.45) is 0 Å². The molecular weight excluding hydrogens is 484 g/mol. The van der Waals surface area contributed by atoms with Gasteiger partial charge in [-0.2, -0.15) is 17.6 Å². The van der Waals surface area contributed by atoms with Gasteiger partial charge in [-0.05, 0) is 57.0 Å². The fraction of sp³-hybridized carbons (Fsp3) is 0.409. The second-order valence-corrected chi connectivity index (χ2v) is 13.3. The number of amides is 1. The number of carbonyl (C=O) groups is 1. The molecule has 0 radical (unpaired) electrons. The molecule has 2 aromatic carbocycles. The van der Waals surface area contributed by atoms with Crippen molar-refractivity contribution in [1.82, 2.24) is 0 Å². The molecule has 0 aromatic heterocycles. The van der Waals surface area contributed by atoms with E-state index < -0.39 is 58.9 Å². The fourth-order valence-electron chi connectivity index (χ4n) is 3.79. The number of methoxy groups -OCH3 is 1. The van der Waals surface area contributed by atoms with Gasteiger partial charge in [-0.25, -0.2) is 4.39 Å². The summed E-state index contributed by atoms with van der Waals surface area (Å²) in [7, 11) is -1.43. The smallest absolute Gasteiger partial charge is 0.403 e. The molecule has 33 heavy (non-hydrogen) atoms. The molecule has 0 spiro atoms. The summed E-state index contributed by atoms with van der Waals surface area (Å²) in [5, 5.41) is 1.93. The summed E-state index contributed by atoms with van der Waals surface area (Å²) in [4.78, 5) is 13.1. The third-order valence-electron chi connectivity index (χ3n) is 5.66. The molecule has 4 nitrogen and oxygen atoms in total. The quantitative estimate of drug-likeness (QED) is 0.413. The number of benzene rings is 2. The lowest BCUT2D eigenvalue weighted by molar-refractivity contribution is -0.155. The van der Waals surface area contributed by atoms with E-state index in [2.05, 4.69) is 5.32 Å². The van der Waals surface area contributed by atoms with Crippen LogP contribution in [0.4, 0.5) is 27.6 Å². The predicted octanol–water partition coefficient (Wildman–Crippen LogP) is 5.77. The molecule has 1 saturated heterocycles. The molecule has 3 rings (SSSR count). The van der Waals surface area contributed by atoms with Gasteiger partial charge in [-0.3, -0.25) is 4.79 Å². The zero-order valence-corrected chi connectivity index (χ0v) is 20.0. The highest BCUT2D eigenvalue weighted by atomic mass is 32.2. The molecule has 2 aromatic rings. The number of halogens is 5. The number of hydrogen-bond donors (Lipinski definition) is 1. The number of rotatable bonds is 5. The van der Waals surface area contributed by atoms with Crippen molar-refractivity contribution in [3.8, 4) is 5.75 Å². The molecule has 1 fully saturated rings. The normalized spacial score (nSPS) is 23.4. The number of anilines is 1. The van der Waals surface area contributed by atoms with Crippen LogP contribution >= 0.6 is 18.9 Å². The van der Waals surface area contributed by atoms with Gasteiger partial charge < -0.3 is 14.6 Å². The van der Waals surface area contributed by atoms with E-state index in [1.807, 2.05) is 0 Å². The molecule has 11 heteroatoms. The van der Waals surface area contributed by atoms with Crippen LogP contribution in [0.3, 0.4) is 0 Å². The highest BCUT2D eigenvalue weighted by molar-refractivity contribution is 8.02. The Balaban J connectivity index is 1.97. The molecule has 3 atom stereocenters. The third-order valence-corrected chi connectivity index (χ3v) is 8.92. The Morgan fingerprint density at radius 2 is 1.76 bits per heavy atom. The molecule has 1 heterocycles. The van der Waals surface area contributed by atoms with Crippen molar-refractivity contribution in [2.45, 2.75) is 35.4 Å². The van der Waals surface area contributed by atoms with Crippen LogP contribution in [0.25, 0.3) is 0 Å². The Labute approximate surface area is 192 Å². The molecule has 1 amide bonds. The highest BCUT2D eigenvalue weighted by Gasteiger charge is 2.60. The van der Waals surface area contributed by atoms with Crippen LogP contribution < -0.4 is 15.4 Å². The number of thioether (sulfide) groups is 1. The Kier molecular flexibility index (Phi) is 6.93. The summed E-state index contributed by atoms with van der Waals surface area (Å²) in [5.74, 6) is -4.84. The number of ether oxygens (including phenoxy) is 1. The third kappa shape index (κ3) is 5.06. The van der Waals surface area contributed by atoms with E-state index >= 15 is 0 Å². The van der Waals surface area contributed by atoms with Crippen LogP contribution in [0, 0.1) is 11.6 Å².